The number of hydrogen-bond acceptors (Lipinski definition) is 5. The van der Waals surface area contributed by atoms with Gasteiger partial charge in [0, 0.05) is 23.0 Å². The third-order valence-corrected chi connectivity index (χ3v) is 4.15. The van der Waals surface area contributed by atoms with Crippen molar-refractivity contribution in [3.05, 3.63) is 69.4 Å². The van der Waals surface area contributed by atoms with Crippen LogP contribution in [0.4, 0.5) is 5.82 Å². The maximum absolute atomic E-state index is 12.5. The van der Waals surface area contributed by atoms with Crippen molar-refractivity contribution in [2.45, 2.75) is 13.5 Å². The number of hydrogen-bond donors (Lipinski definition) is 1. The Morgan fingerprint density at radius 2 is 2.09 bits per heavy atom. The number of nitrogens with zero attached hydrogens (tertiary/aromatic N) is 2. The van der Waals surface area contributed by atoms with Gasteiger partial charge < -0.3 is 10.1 Å². The van der Waals surface area contributed by atoms with Crippen LogP contribution in [0.2, 0.25) is 0 Å². The van der Waals surface area contributed by atoms with Crippen molar-refractivity contribution in [1.82, 2.24) is 9.55 Å². The monoisotopic (exact) mass is 327 g/mol. The summed E-state index contributed by atoms with van der Waals surface area (Å²) in [5.74, 6) is 1.13. The van der Waals surface area contributed by atoms with E-state index in [2.05, 4.69) is 10.3 Å². The lowest BCUT2D eigenvalue weighted by molar-refractivity contribution is 0.340. The van der Waals surface area contributed by atoms with Crippen molar-refractivity contribution >= 4 is 17.2 Å². The molecule has 2 heterocycles. The van der Waals surface area contributed by atoms with Gasteiger partial charge in [-0.1, -0.05) is 6.07 Å². The third-order valence-electron chi connectivity index (χ3n) is 3.28. The Balaban J connectivity index is 1.82. The fourth-order valence-corrected chi connectivity index (χ4v) is 2.83. The molecule has 0 amide bonds. The van der Waals surface area contributed by atoms with E-state index in [9.17, 15) is 4.79 Å². The summed E-state index contributed by atoms with van der Waals surface area (Å²) >= 11 is 1.64. The van der Waals surface area contributed by atoms with E-state index in [1.807, 2.05) is 48.7 Å². The average molecular weight is 327 g/mol. The molecular formula is C17H17N3O2S. The first-order chi connectivity index (χ1) is 11.3. The Morgan fingerprint density at radius 3 is 2.78 bits per heavy atom. The smallest absolute Gasteiger partial charge is 0.297 e. The van der Waals surface area contributed by atoms with E-state index in [-0.39, 0.29) is 5.56 Å². The van der Waals surface area contributed by atoms with Crippen molar-refractivity contribution in [3.63, 3.8) is 0 Å². The second kappa shape index (κ2) is 7.11. The largest absolute Gasteiger partial charge is 0.494 e. The molecule has 3 rings (SSSR count). The minimum absolute atomic E-state index is 0.173. The molecule has 0 atom stereocenters. The Labute approximate surface area is 138 Å². The standard InChI is InChI=1S/C17H17N3O2S/c1-2-22-14-7-5-13(6-8-14)20-10-9-18-16(17(20)21)19-12-15-4-3-11-23-15/h3-11H,2,12H2,1H3,(H,18,19). The van der Waals surface area contributed by atoms with Gasteiger partial charge in [0.15, 0.2) is 5.82 Å². The molecule has 0 spiro atoms. The maximum Gasteiger partial charge on any atom is 0.297 e. The highest BCUT2D eigenvalue weighted by Gasteiger charge is 2.07. The van der Waals surface area contributed by atoms with Crippen molar-refractivity contribution in [3.8, 4) is 11.4 Å². The molecule has 2 aromatic heterocycles. The lowest BCUT2D eigenvalue weighted by atomic mass is 10.3. The fourth-order valence-electron chi connectivity index (χ4n) is 2.19. The van der Waals surface area contributed by atoms with Gasteiger partial charge in [-0.15, -0.1) is 11.3 Å². The number of ether oxygens (including phenoxy) is 1. The number of aromatic nitrogens is 2. The zero-order chi connectivity index (χ0) is 16.1. The van der Waals surface area contributed by atoms with Crippen molar-refractivity contribution in [2.75, 3.05) is 11.9 Å². The first-order valence-electron chi connectivity index (χ1n) is 7.35. The van der Waals surface area contributed by atoms with E-state index in [1.54, 1.807) is 28.3 Å². The van der Waals surface area contributed by atoms with Crippen LogP contribution < -0.4 is 15.6 Å². The van der Waals surface area contributed by atoms with Gasteiger partial charge in [0.25, 0.3) is 5.56 Å². The molecule has 0 saturated heterocycles. The summed E-state index contributed by atoms with van der Waals surface area (Å²) in [5, 5.41) is 5.11. The summed E-state index contributed by atoms with van der Waals surface area (Å²) in [6.07, 6.45) is 3.28. The zero-order valence-corrected chi connectivity index (χ0v) is 13.5. The summed E-state index contributed by atoms with van der Waals surface area (Å²) in [4.78, 5) is 17.9. The number of anilines is 1. The normalized spacial score (nSPS) is 10.5. The van der Waals surface area contributed by atoms with Crippen molar-refractivity contribution in [1.29, 1.82) is 0 Å². The summed E-state index contributed by atoms with van der Waals surface area (Å²) in [6.45, 7) is 3.14. The first-order valence-corrected chi connectivity index (χ1v) is 8.23. The van der Waals surface area contributed by atoms with Crippen LogP contribution in [-0.2, 0) is 6.54 Å². The van der Waals surface area contributed by atoms with Crippen LogP contribution in [0.15, 0.2) is 59.0 Å². The van der Waals surface area contributed by atoms with Crippen LogP contribution in [0.5, 0.6) is 5.75 Å². The van der Waals surface area contributed by atoms with E-state index in [4.69, 9.17) is 4.74 Å². The highest BCUT2D eigenvalue weighted by molar-refractivity contribution is 7.09. The fraction of sp³-hybridized carbons (Fsp3) is 0.176. The van der Waals surface area contributed by atoms with E-state index in [0.717, 1.165) is 16.3 Å². The average Bonchev–Trinajstić information content (AvgIpc) is 3.09. The molecule has 6 heteroatoms. The van der Waals surface area contributed by atoms with E-state index >= 15 is 0 Å². The lowest BCUT2D eigenvalue weighted by Gasteiger charge is -2.09. The van der Waals surface area contributed by atoms with Crippen LogP contribution in [-0.4, -0.2) is 16.2 Å². The van der Waals surface area contributed by atoms with Gasteiger partial charge in [-0.25, -0.2) is 4.98 Å². The Hall–Kier alpha value is -2.60. The predicted octanol–water partition coefficient (Wildman–Crippen LogP) is 3.30. The van der Waals surface area contributed by atoms with Crippen LogP contribution in [0, 0.1) is 0 Å². The van der Waals surface area contributed by atoms with Gasteiger partial charge in [0.05, 0.1) is 13.2 Å². The van der Waals surface area contributed by atoms with Gasteiger partial charge >= 0.3 is 0 Å². The van der Waals surface area contributed by atoms with Gasteiger partial charge in [0.1, 0.15) is 5.75 Å². The number of rotatable bonds is 6. The van der Waals surface area contributed by atoms with E-state index in [1.165, 1.54) is 0 Å². The highest BCUT2D eigenvalue weighted by Crippen LogP contribution is 2.15. The molecular weight excluding hydrogens is 310 g/mol. The number of thiophene rings is 1. The minimum Gasteiger partial charge on any atom is -0.494 e. The van der Waals surface area contributed by atoms with Crippen LogP contribution >= 0.6 is 11.3 Å². The molecule has 0 fully saturated rings. The topological polar surface area (TPSA) is 56.1 Å². The Bertz CT molecular complexity index is 811. The quantitative estimate of drug-likeness (QED) is 0.755. The zero-order valence-electron chi connectivity index (χ0n) is 12.7. The molecule has 0 radical (unpaired) electrons. The Kier molecular flexibility index (Phi) is 4.73. The third kappa shape index (κ3) is 3.60. The molecule has 1 N–H and O–H groups in total. The van der Waals surface area contributed by atoms with Gasteiger partial charge in [0.2, 0.25) is 0 Å². The summed E-state index contributed by atoms with van der Waals surface area (Å²) in [5.41, 5.74) is 0.605. The summed E-state index contributed by atoms with van der Waals surface area (Å²) in [6, 6.07) is 11.4. The molecule has 0 aliphatic heterocycles. The maximum atomic E-state index is 12.5. The molecule has 118 valence electrons. The van der Waals surface area contributed by atoms with Gasteiger partial charge in [-0.2, -0.15) is 0 Å². The van der Waals surface area contributed by atoms with Crippen LogP contribution in [0.1, 0.15) is 11.8 Å². The molecule has 23 heavy (non-hydrogen) atoms. The number of benzene rings is 1. The molecule has 3 aromatic rings. The molecule has 1 aromatic carbocycles. The van der Waals surface area contributed by atoms with E-state index < -0.39 is 0 Å². The van der Waals surface area contributed by atoms with E-state index in [0.29, 0.717) is 19.0 Å². The molecule has 5 nitrogen and oxygen atoms in total. The Morgan fingerprint density at radius 1 is 1.26 bits per heavy atom. The second-order valence-corrected chi connectivity index (χ2v) is 5.84. The van der Waals surface area contributed by atoms with Gasteiger partial charge in [-0.3, -0.25) is 9.36 Å². The highest BCUT2D eigenvalue weighted by atomic mass is 32.1. The summed E-state index contributed by atoms with van der Waals surface area (Å²) in [7, 11) is 0. The molecule has 0 aliphatic carbocycles. The minimum atomic E-state index is -0.173. The molecule has 0 unspecified atom stereocenters. The first kappa shape index (κ1) is 15.3. The second-order valence-electron chi connectivity index (χ2n) is 4.81. The lowest BCUT2D eigenvalue weighted by Crippen LogP contribution is -2.22. The molecule has 0 saturated carbocycles. The molecule has 0 aliphatic rings. The summed E-state index contributed by atoms with van der Waals surface area (Å²) < 4.78 is 6.99. The molecule has 0 bridgehead atoms. The SMILES string of the molecule is CCOc1ccc(-n2ccnc(NCc3cccs3)c2=O)cc1. The van der Waals surface area contributed by atoms with Crippen LogP contribution in [0.25, 0.3) is 5.69 Å². The van der Waals surface area contributed by atoms with Crippen LogP contribution in [0.3, 0.4) is 0 Å². The van der Waals surface area contributed by atoms with Crippen molar-refractivity contribution in [2.24, 2.45) is 0 Å². The van der Waals surface area contributed by atoms with Crippen molar-refractivity contribution < 1.29 is 4.74 Å². The number of nitrogens with one attached hydrogen (secondary N) is 1. The van der Waals surface area contributed by atoms with Gasteiger partial charge in [-0.05, 0) is 42.6 Å². The predicted molar refractivity (Wildman–Crippen MR) is 92.6 cm³/mol.